The van der Waals surface area contributed by atoms with Gasteiger partial charge in [0.05, 0.1) is 0 Å². The first-order chi connectivity index (χ1) is 5.83. The predicted octanol–water partition coefficient (Wildman–Crippen LogP) is 2.12. The summed E-state index contributed by atoms with van der Waals surface area (Å²) in [6.07, 6.45) is 10.0. The predicted molar refractivity (Wildman–Crippen MR) is 45.8 cm³/mol. The Bertz CT molecular complexity index is 118. The van der Waals surface area contributed by atoms with Crippen LogP contribution in [0.15, 0.2) is 0 Å². The Balaban J connectivity index is 0. The third-order valence-corrected chi connectivity index (χ3v) is 1.50. The van der Waals surface area contributed by atoms with Crippen LogP contribution in [0.5, 0.6) is 0 Å². The second-order valence-electron chi connectivity index (χ2n) is 2.30. The van der Waals surface area contributed by atoms with E-state index in [4.69, 9.17) is 20.4 Å². The van der Waals surface area contributed by atoms with Crippen molar-refractivity contribution in [1.29, 1.82) is 0 Å². The van der Waals surface area contributed by atoms with Crippen molar-refractivity contribution in [3.8, 4) is 0 Å². The number of nitrogens with zero attached hydrogens (tertiary/aromatic N) is 2. The quantitative estimate of drug-likeness (QED) is 0.410. The number of hydrogen-bond acceptors (Lipinski definition) is 2. The lowest BCUT2D eigenvalue weighted by atomic mass is 10.0. The van der Waals surface area contributed by atoms with Crippen LogP contribution in [0.2, 0.25) is 0 Å². The molecule has 0 radical (unpaired) electrons. The molecular weight excluding hydrogens is 156 g/mol. The lowest BCUT2D eigenvalue weighted by Crippen LogP contribution is -1.85. The molecule has 1 saturated carbocycles. The molecule has 0 aliphatic heterocycles. The van der Waals surface area contributed by atoms with Gasteiger partial charge in [-0.05, 0) is 12.2 Å². The van der Waals surface area contributed by atoms with Gasteiger partial charge in [-0.25, -0.2) is 0 Å². The molecule has 1 aliphatic rings. The number of carbonyl (C=O) groups excluding carboxylic acids is 2. The SMILES string of the molecule is C1CCCCC1.[N-]=C=O.[N-]=C=O. The van der Waals surface area contributed by atoms with Crippen LogP contribution < -0.4 is 0 Å². The minimum Gasteiger partial charge on any atom is -0.724 e. The molecule has 0 aromatic heterocycles. The normalized spacial score (nSPS) is 13.3. The molecule has 68 valence electrons. The Morgan fingerprint density at radius 3 is 0.833 bits per heavy atom. The highest BCUT2D eigenvalue weighted by Gasteiger charge is 1.95. The maximum atomic E-state index is 8.24. The first-order valence-electron chi connectivity index (χ1n) is 3.86. The van der Waals surface area contributed by atoms with Gasteiger partial charge >= 0.3 is 0 Å². The highest BCUT2D eigenvalue weighted by molar-refractivity contribution is 5.37. The highest BCUT2D eigenvalue weighted by Crippen LogP contribution is 2.15. The Labute approximate surface area is 72.0 Å². The molecule has 4 heteroatoms. The molecule has 4 nitrogen and oxygen atoms in total. The summed E-state index contributed by atoms with van der Waals surface area (Å²) in [7, 11) is 0. The van der Waals surface area contributed by atoms with Crippen LogP contribution >= 0.6 is 0 Å². The van der Waals surface area contributed by atoms with E-state index in [0.717, 1.165) is 0 Å². The van der Waals surface area contributed by atoms with Gasteiger partial charge in [0.25, 0.3) is 0 Å². The van der Waals surface area contributed by atoms with Gasteiger partial charge in [-0.1, -0.05) is 38.5 Å². The summed E-state index contributed by atoms with van der Waals surface area (Å²) >= 11 is 0. The molecule has 12 heavy (non-hydrogen) atoms. The van der Waals surface area contributed by atoms with Gasteiger partial charge in [0.1, 0.15) is 0 Å². The van der Waals surface area contributed by atoms with Gasteiger partial charge in [0.15, 0.2) is 0 Å². The molecule has 1 aliphatic carbocycles. The van der Waals surface area contributed by atoms with Crippen LogP contribution in [0.1, 0.15) is 38.5 Å². The van der Waals surface area contributed by atoms with Gasteiger partial charge in [-0.3, -0.25) is 9.59 Å². The summed E-state index contributed by atoms with van der Waals surface area (Å²) in [5, 5.41) is 13.5. The van der Waals surface area contributed by atoms with E-state index in [1.807, 2.05) is 0 Å². The first kappa shape index (κ1) is 13.4. The molecule has 1 fully saturated rings. The fourth-order valence-corrected chi connectivity index (χ4v) is 1.06. The van der Waals surface area contributed by atoms with E-state index < -0.39 is 0 Å². The van der Waals surface area contributed by atoms with E-state index in [-0.39, 0.29) is 0 Å². The molecule has 0 saturated heterocycles. The molecule has 0 aromatic rings. The average Bonchev–Trinajstić information content (AvgIpc) is 2.10. The van der Waals surface area contributed by atoms with Crippen molar-refractivity contribution < 1.29 is 9.59 Å². The second-order valence-corrected chi connectivity index (χ2v) is 2.30. The summed E-state index contributed by atoms with van der Waals surface area (Å²) in [5.74, 6) is 0. The van der Waals surface area contributed by atoms with Gasteiger partial charge in [-0.15, -0.1) is 0 Å². The summed E-state index contributed by atoms with van der Waals surface area (Å²) < 4.78 is 0. The Hall–Kier alpha value is -1.24. The molecule has 0 N–H and O–H groups in total. The molecule has 1 rings (SSSR count). The Morgan fingerprint density at radius 1 is 0.667 bits per heavy atom. The Kier molecular flexibility index (Phi) is 18.2. The third-order valence-electron chi connectivity index (χ3n) is 1.50. The lowest BCUT2D eigenvalue weighted by Gasteiger charge is -2.05. The van der Waals surface area contributed by atoms with Crippen LogP contribution in [-0.2, 0) is 9.59 Å². The molecule has 0 amide bonds. The van der Waals surface area contributed by atoms with Gasteiger partial charge in [0, 0.05) is 0 Å². The minimum atomic E-state index is 0.500. The maximum absolute atomic E-state index is 8.24. The fourth-order valence-electron chi connectivity index (χ4n) is 1.06. The zero-order valence-corrected chi connectivity index (χ0v) is 6.95. The fraction of sp³-hybridized carbons (Fsp3) is 0.750. The van der Waals surface area contributed by atoms with Gasteiger partial charge < -0.3 is 10.8 Å². The van der Waals surface area contributed by atoms with E-state index in [1.165, 1.54) is 38.5 Å². The lowest BCUT2D eigenvalue weighted by molar-refractivity contribution is 0.504. The maximum Gasteiger partial charge on any atom is -0.0159 e. The van der Waals surface area contributed by atoms with Crippen LogP contribution in [0.25, 0.3) is 10.8 Å². The van der Waals surface area contributed by atoms with E-state index in [2.05, 4.69) is 0 Å². The van der Waals surface area contributed by atoms with Crippen molar-refractivity contribution in [1.82, 2.24) is 0 Å². The monoisotopic (exact) mass is 168 g/mol. The number of rotatable bonds is 0. The summed E-state index contributed by atoms with van der Waals surface area (Å²) in [6, 6.07) is 0. The van der Waals surface area contributed by atoms with Crippen LogP contribution in [0.3, 0.4) is 0 Å². The van der Waals surface area contributed by atoms with E-state index in [9.17, 15) is 0 Å². The van der Waals surface area contributed by atoms with Gasteiger partial charge in [0.2, 0.25) is 0 Å². The molecule has 0 heterocycles. The zero-order valence-electron chi connectivity index (χ0n) is 6.95. The van der Waals surface area contributed by atoms with E-state index in [1.54, 1.807) is 0 Å². The van der Waals surface area contributed by atoms with Gasteiger partial charge in [-0.2, -0.15) is 0 Å². The topological polar surface area (TPSA) is 78.7 Å². The van der Waals surface area contributed by atoms with Crippen molar-refractivity contribution in [2.45, 2.75) is 38.5 Å². The van der Waals surface area contributed by atoms with Crippen molar-refractivity contribution in [3.63, 3.8) is 0 Å². The molecule has 0 atom stereocenters. The van der Waals surface area contributed by atoms with Crippen molar-refractivity contribution in [2.75, 3.05) is 0 Å². The highest BCUT2D eigenvalue weighted by atomic mass is 16.1. The largest absolute Gasteiger partial charge is 0.724 e. The molecule has 0 unspecified atom stereocenters. The number of hydrogen-bond donors (Lipinski definition) is 0. The van der Waals surface area contributed by atoms with Crippen LogP contribution in [0, 0.1) is 0 Å². The zero-order chi connectivity index (χ0) is 9.66. The first-order valence-corrected chi connectivity index (χ1v) is 3.86. The molecule has 0 spiro atoms. The van der Waals surface area contributed by atoms with Crippen molar-refractivity contribution in [2.24, 2.45) is 0 Å². The smallest absolute Gasteiger partial charge is 0.0159 e. The molecule has 0 bridgehead atoms. The second kappa shape index (κ2) is 16.4. The number of isocyanates is 2. The summed E-state index contributed by atoms with van der Waals surface area (Å²) in [4.78, 5) is 16.5. The minimum absolute atomic E-state index is 0.500. The average molecular weight is 168 g/mol. The van der Waals surface area contributed by atoms with Crippen molar-refractivity contribution >= 4 is 12.2 Å². The summed E-state index contributed by atoms with van der Waals surface area (Å²) in [5.41, 5.74) is 0. The molecular formula is C8H12N2O2-2. The van der Waals surface area contributed by atoms with E-state index >= 15 is 0 Å². The standard InChI is InChI=1S/C6H12.2CNO/c1-2-4-6-5-3-1;2*2-1-3/h1-6H2;;/q;2*-1. The Morgan fingerprint density at radius 2 is 0.750 bits per heavy atom. The van der Waals surface area contributed by atoms with Crippen LogP contribution in [0.4, 0.5) is 0 Å². The van der Waals surface area contributed by atoms with Crippen molar-refractivity contribution in [3.05, 3.63) is 10.8 Å². The van der Waals surface area contributed by atoms with E-state index in [0.29, 0.717) is 12.2 Å². The van der Waals surface area contributed by atoms with Crippen LogP contribution in [-0.4, -0.2) is 12.2 Å². The summed E-state index contributed by atoms with van der Waals surface area (Å²) in [6.45, 7) is 0. The third kappa shape index (κ3) is 23.3. The molecule has 0 aromatic carbocycles.